The lowest BCUT2D eigenvalue weighted by atomic mass is 10.5. The zero-order valence-corrected chi connectivity index (χ0v) is 9.19. The molecule has 7 heteroatoms. The fraction of sp³-hybridized carbons (Fsp3) is 0.500. The van der Waals surface area contributed by atoms with Crippen LogP contribution >= 0.6 is 27.5 Å². The van der Waals surface area contributed by atoms with E-state index in [4.69, 9.17) is 0 Å². The zero-order valence-electron chi connectivity index (χ0n) is 6.79. The highest BCUT2D eigenvalue weighted by molar-refractivity contribution is 9.09. The smallest absolute Gasteiger partial charge is 0.319 e. The lowest BCUT2D eigenvalue weighted by molar-refractivity contribution is 0.252. The molecular formula is C6H9BrN4OS. The van der Waals surface area contributed by atoms with Crippen LogP contribution in [0.25, 0.3) is 0 Å². The number of nitrogens with zero attached hydrogens (tertiary/aromatic N) is 2. The Labute approximate surface area is 88.2 Å². The van der Waals surface area contributed by atoms with Crippen LogP contribution in [0.3, 0.4) is 0 Å². The van der Waals surface area contributed by atoms with Crippen molar-refractivity contribution in [3.63, 3.8) is 0 Å². The maximum absolute atomic E-state index is 11.1. The van der Waals surface area contributed by atoms with Gasteiger partial charge < -0.3 is 5.32 Å². The van der Waals surface area contributed by atoms with E-state index in [9.17, 15) is 4.79 Å². The summed E-state index contributed by atoms with van der Waals surface area (Å²) in [5.41, 5.74) is 0. The number of amides is 2. The Kier molecular flexibility index (Phi) is 4.69. The zero-order chi connectivity index (χ0) is 9.52. The van der Waals surface area contributed by atoms with Crippen LogP contribution < -0.4 is 10.6 Å². The number of halogens is 1. The third kappa shape index (κ3) is 4.18. The minimum atomic E-state index is -0.216. The second kappa shape index (κ2) is 5.87. The molecule has 13 heavy (non-hydrogen) atoms. The molecular weight excluding hydrogens is 256 g/mol. The van der Waals surface area contributed by atoms with Crippen molar-refractivity contribution in [2.45, 2.75) is 6.42 Å². The highest BCUT2D eigenvalue weighted by Crippen LogP contribution is 2.07. The molecule has 2 amide bonds. The predicted octanol–water partition coefficient (Wildman–Crippen LogP) is 1.44. The van der Waals surface area contributed by atoms with Gasteiger partial charge in [-0.25, -0.2) is 4.79 Å². The first-order valence-electron chi connectivity index (χ1n) is 3.71. The fourth-order valence-electron chi connectivity index (χ4n) is 0.647. The summed E-state index contributed by atoms with van der Waals surface area (Å²) in [6.07, 6.45) is 2.42. The van der Waals surface area contributed by atoms with Crippen molar-refractivity contribution >= 4 is 38.5 Å². The van der Waals surface area contributed by atoms with Gasteiger partial charge in [0.2, 0.25) is 0 Å². The SMILES string of the molecule is O=C(NCCCBr)Nc1cnns1. The van der Waals surface area contributed by atoms with E-state index < -0.39 is 0 Å². The van der Waals surface area contributed by atoms with E-state index in [1.54, 1.807) is 0 Å². The number of hydrogen-bond donors (Lipinski definition) is 2. The molecule has 0 aromatic carbocycles. The van der Waals surface area contributed by atoms with Crippen molar-refractivity contribution in [3.05, 3.63) is 6.20 Å². The van der Waals surface area contributed by atoms with Gasteiger partial charge in [-0.3, -0.25) is 5.32 Å². The summed E-state index contributed by atoms with van der Waals surface area (Å²) < 4.78 is 3.61. The highest BCUT2D eigenvalue weighted by Gasteiger charge is 2.01. The molecule has 1 heterocycles. The van der Waals surface area contributed by atoms with Crippen molar-refractivity contribution in [2.24, 2.45) is 0 Å². The van der Waals surface area contributed by atoms with E-state index in [1.165, 1.54) is 6.20 Å². The molecule has 0 spiro atoms. The summed E-state index contributed by atoms with van der Waals surface area (Å²) >= 11 is 4.42. The van der Waals surface area contributed by atoms with Gasteiger partial charge >= 0.3 is 6.03 Å². The van der Waals surface area contributed by atoms with Gasteiger partial charge in [0.1, 0.15) is 5.00 Å². The summed E-state index contributed by atoms with van der Waals surface area (Å²) in [6.45, 7) is 0.656. The Balaban J connectivity index is 2.18. The number of nitrogens with one attached hydrogen (secondary N) is 2. The first kappa shape index (κ1) is 10.4. The number of alkyl halides is 1. The summed E-state index contributed by atoms with van der Waals surface area (Å²) in [6, 6.07) is -0.216. The van der Waals surface area contributed by atoms with Crippen LogP contribution in [0.15, 0.2) is 6.20 Å². The van der Waals surface area contributed by atoms with Crippen LogP contribution in [0.4, 0.5) is 9.80 Å². The molecule has 0 radical (unpaired) electrons. The third-order valence-corrected chi connectivity index (χ3v) is 2.33. The molecule has 0 atom stereocenters. The molecule has 0 bridgehead atoms. The third-order valence-electron chi connectivity index (χ3n) is 1.19. The molecule has 1 aromatic heterocycles. The first-order chi connectivity index (χ1) is 6.33. The van der Waals surface area contributed by atoms with Crippen molar-refractivity contribution in [2.75, 3.05) is 17.2 Å². The predicted molar refractivity (Wildman–Crippen MR) is 55.3 cm³/mol. The Bertz CT molecular complexity index is 253. The van der Waals surface area contributed by atoms with Crippen molar-refractivity contribution in [3.8, 4) is 0 Å². The molecule has 0 aliphatic heterocycles. The molecule has 0 aliphatic rings. The van der Waals surface area contributed by atoms with Crippen LogP contribution in [0.2, 0.25) is 0 Å². The lowest BCUT2D eigenvalue weighted by Crippen LogP contribution is -2.29. The Morgan fingerprint density at radius 1 is 1.69 bits per heavy atom. The molecule has 0 unspecified atom stereocenters. The minimum absolute atomic E-state index is 0.216. The summed E-state index contributed by atoms with van der Waals surface area (Å²) in [7, 11) is 0. The average molecular weight is 265 g/mol. The number of carbonyl (C=O) groups excluding carboxylic acids is 1. The van der Waals surface area contributed by atoms with Crippen LogP contribution in [0.1, 0.15) is 6.42 Å². The maximum atomic E-state index is 11.1. The number of urea groups is 1. The van der Waals surface area contributed by atoms with Crippen LogP contribution in [-0.2, 0) is 0 Å². The van der Waals surface area contributed by atoms with Gasteiger partial charge in [-0.1, -0.05) is 20.4 Å². The van der Waals surface area contributed by atoms with E-state index >= 15 is 0 Å². The van der Waals surface area contributed by atoms with Crippen LogP contribution in [0, 0.1) is 0 Å². The Hall–Kier alpha value is -0.690. The topological polar surface area (TPSA) is 66.9 Å². The molecule has 2 N–H and O–H groups in total. The largest absolute Gasteiger partial charge is 0.338 e. The van der Waals surface area contributed by atoms with E-state index in [2.05, 4.69) is 36.2 Å². The second-order valence-corrected chi connectivity index (χ2v) is 3.78. The van der Waals surface area contributed by atoms with Gasteiger partial charge in [-0.2, -0.15) is 0 Å². The highest BCUT2D eigenvalue weighted by atomic mass is 79.9. The molecule has 0 saturated carbocycles. The molecule has 0 fully saturated rings. The number of aromatic nitrogens is 2. The van der Waals surface area contributed by atoms with Crippen molar-refractivity contribution in [1.82, 2.24) is 14.9 Å². The molecule has 72 valence electrons. The van der Waals surface area contributed by atoms with Gasteiger partial charge in [0.15, 0.2) is 0 Å². The second-order valence-electron chi connectivity index (χ2n) is 2.21. The Morgan fingerprint density at radius 2 is 2.54 bits per heavy atom. The quantitative estimate of drug-likeness (QED) is 0.639. The van der Waals surface area contributed by atoms with Crippen molar-refractivity contribution < 1.29 is 4.79 Å². The van der Waals surface area contributed by atoms with E-state index in [-0.39, 0.29) is 6.03 Å². The standard InChI is InChI=1S/C6H9BrN4OS/c7-2-1-3-8-6(12)10-5-4-9-11-13-5/h4H,1-3H2,(H2,8,10,12). The fourth-order valence-corrected chi connectivity index (χ4v) is 1.34. The first-order valence-corrected chi connectivity index (χ1v) is 5.60. The Morgan fingerprint density at radius 3 is 3.15 bits per heavy atom. The van der Waals surface area contributed by atoms with Gasteiger partial charge in [-0.05, 0) is 6.42 Å². The number of hydrogen-bond acceptors (Lipinski definition) is 4. The van der Waals surface area contributed by atoms with Gasteiger partial charge in [0, 0.05) is 23.4 Å². The van der Waals surface area contributed by atoms with Crippen LogP contribution in [-0.4, -0.2) is 27.5 Å². The number of rotatable bonds is 4. The number of anilines is 1. The molecule has 0 aliphatic carbocycles. The van der Waals surface area contributed by atoms with Crippen molar-refractivity contribution in [1.29, 1.82) is 0 Å². The summed E-state index contributed by atoms with van der Waals surface area (Å²) in [5.74, 6) is 0. The molecule has 5 nitrogen and oxygen atoms in total. The molecule has 1 rings (SSSR count). The van der Waals surface area contributed by atoms with Gasteiger partial charge in [-0.15, -0.1) is 5.10 Å². The average Bonchev–Trinajstić information content (AvgIpc) is 2.57. The van der Waals surface area contributed by atoms with E-state index in [0.29, 0.717) is 11.5 Å². The monoisotopic (exact) mass is 264 g/mol. The van der Waals surface area contributed by atoms with Gasteiger partial charge in [0.25, 0.3) is 0 Å². The molecule has 1 aromatic rings. The summed E-state index contributed by atoms with van der Waals surface area (Å²) in [4.78, 5) is 11.1. The molecule has 0 saturated heterocycles. The maximum Gasteiger partial charge on any atom is 0.319 e. The summed E-state index contributed by atoms with van der Waals surface area (Å²) in [5, 5.41) is 10.4. The lowest BCUT2D eigenvalue weighted by Gasteiger charge is -2.02. The van der Waals surface area contributed by atoms with E-state index in [1.807, 2.05) is 0 Å². The minimum Gasteiger partial charge on any atom is -0.338 e. The van der Waals surface area contributed by atoms with Gasteiger partial charge in [0.05, 0.1) is 6.20 Å². The van der Waals surface area contributed by atoms with E-state index in [0.717, 1.165) is 23.3 Å². The normalized spacial score (nSPS) is 9.62. The van der Waals surface area contributed by atoms with Crippen LogP contribution in [0.5, 0.6) is 0 Å². The number of carbonyl (C=O) groups is 1.